The van der Waals surface area contributed by atoms with Crippen LogP contribution in [0.3, 0.4) is 0 Å². The van der Waals surface area contributed by atoms with Gasteiger partial charge in [-0.15, -0.1) is 0 Å². The fourth-order valence-corrected chi connectivity index (χ4v) is 1.46. The molecule has 0 aliphatic rings. The first-order valence-electron chi connectivity index (χ1n) is 4.12. The molecule has 1 N–H and O–H groups in total. The van der Waals surface area contributed by atoms with Gasteiger partial charge in [-0.1, -0.05) is 0 Å². The number of hydrogen-bond acceptors (Lipinski definition) is 2. The van der Waals surface area contributed by atoms with Crippen molar-refractivity contribution in [3.05, 3.63) is 34.4 Å². The molecule has 0 aliphatic carbocycles. The lowest BCUT2D eigenvalue weighted by molar-refractivity contribution is -0.139. The summed E-state index contributed by atoms with van der Waals surface area (Å²) in [5.74, 6) is 0. The molecule has 15 heavy (non-hydrogen) atoms. The highest BCUT2D eigenvalue weighted by molar-refractivity contribution is 5.44. The Bertz CT molecular complexity index is 418. The molecule has 0 saturated carbocycles. The lowest BCUT2D eigenvalue weighted by atomic mass is 9.99. The monoisotopic (exact) mass is 215 g/mol. The molecule has 0 spiro atoms. The smallest absolute Gasteiger partial charge is 0.392 e. The predicted octanol–water partition coefficient (Wildman–Crippen LogP) is 2.38. The van der Waals surface area contributed by atoms with Crippen molar-refractivity contribution in [2.45, 2.75) is 19.7 Å². The number of nitrogens with zero attached hydrogens (tertiary/aromatic N) is 1. The zero-order valence-corrected chi connectivity index (χ0v) is 7.89. The number of rotatable bonds is 1. The van der Waals surface area contributed by atoms with Crippen LogP contribution in [0.5, 0.6) is 0 Å². The minimum absolute atomic E-state index is 0.0504. The Hall–Kier alpha value is -1.54. The standard InChI is InChI=1S/C10H8F3NO/c1-6-2-7(4-14)3-8(5-15)9(6)10(11,12)13/h2-3,15H,5H2,1H3. The summed E-state index contributed by atoms with van der Waals surface area (Å²) in [4.78, 5) is 0. The van der Waals surface area contributed by atoms with Gasteiger partial charge >= 0.3 is 6.18 Å². The molecular formula is C10H8F3NO. The van der Waals surface area contributed by atoms with Gasteiger partial charge in [0.1, 0.15) is 0 Å². The van der Waals surface area contributed by atoms with Crippen LogP contribution in [0.1, 0.15) is 22.3 Å². The quantitative estimate of drug-likeness (QED) is 0.781. The van der Waals surface area contributed by atoms with Crippen LogP contribution in [0, 0.1) is 18.3 Å². The largest absolute Gasteiger partial charge is 0.417 e. The summed E-state index contributed by atoms with van der Waals surface area (Å²) >= 11 is 0. The van der Waals surface area contributed by atoms with Gasteiger partial charge in [0.2, 0.25) is 0 Å². The van der Waals surface area contributed by atoms with Crippen LogP contribution in [-0.4, -0.2) is 5.11 Å². The first-order chi connectivity index (χ1) is 6.90. The molecule has 0 amide bonds. The highest BCUT2D eigenvalue weighted by Crippen LogP contribution is 2.35. The van der Waals surface area contributed by atoms with Crippen LogP contribution in [0.2, 0.25) is 0 Å². The molecule has 0 saturated heterocycles. The first kappa shape index (κ1) is 11.5. The third-order valence-electron chi connectivity index (χ3n) is 2.00. The molecular weight excluding hydrogens is 207 g/mol. The van der Waals surface area contributed by atoms with E-state index in [9.17, 15) is 13.2 Å². The number of alkyl halides is 3. The van der Waals surface area contributed by atoms with Gasteiger partial charge in [0.05, 0.1) is 23.8 Å². The van der Waals surface area contributed by atoms with Gasteiger partial charge in [-0.25, -0.2) is 0 Å². The molecule has 2 nitrogen and oxygen atoms in total. The number of aliphatic hydroxyl groups is 1. The van der Waals surface area contributed by atoms with Gasteiger partial charge in [-0.3, -0.25) is 0 Å². The molecule has 0 radical (unpaired) electrons. The van der Waals surface area contributed by atoms with Gasteiger partial charge in [0, 0.05) is 0 Å². The normalized spacial score (nSPS) is 11.2. The van der Waals surface area contributed by atoms with Gasteiger partial charge in [0.25, 0.3) is 0 Å². The van der Waals surface area contributed by atoms with Crippen LogP contribution in [0.25, 0.3) is 0 Å². The third kappa shape index (κ3) is 2.28. The zero-order chi connectivity index (χ0) is 11.6. The molecule has 0 atom stereocenters. The molecule has 0 aliphatic heterocycles. The Labute approximate surface area is 84.6 Å². The van der Waals surface area contributed by atoms with E-state index in [1.165, 1.54) is 6.92 Å². The number of aliphatic hydroxyl groups excluding tert-OH is 1. The fraction of sp³-hybridized carbons (Fsp3) is 0.300. The van der Waals surface area contributed by atoms with Gasteiger partial charge < -0.3 is 5.11 Å². The van der Waals surface area contributed by atoms with E-state index in [2.05, 4.69) is 0 Å². The van der Waals surface area contributed by atoms with E-state index >= 15 is 0 Å². The predicted molar refractivity (Wildman–Crippen MR) is 46.8 cm³/mol. The Morgan fingerprint density at radius 2 is 2.00 bits per heavy atom. The molecule has 0 bridgehead atoms. The average Bonchev–Trinajstić information content (AvgIpc) is 2.14. The summed E-state index contributed by atoms with van der Waals surface area (Å²) in [5.41, 5.74) is -1.06. The van der Waals surface area contributed by atoms with Crippen molar-refractivity contribution in [3.63, 3.8) is 0 Å². The molecule has 0 unspecified atom stereocenters. The van der Waals surface area contributed by atoms with E-state index < -0.39 is 18.3 Å². The maximum atomic E-state index is 12.5. The molecule has 0 aromatic heterocycles. The highest BCUT2D eigenvalue weighted by Gasteiger charge is 2.35. The van der Waals surface area contributed by atoms with Crippen molar-refractivity contribution in [2.24, 2.45) is 0 Å². The Balaban J connectivity index is 3.46. The lowest BCUT2D eigenvalue weighted by Crippen LogP contribution is -2.12. The van der Waals surface area contributed by atoms with Crippen LogP contribution in [0.15, 0.2) is 12.1 Å². The second-order valence-corrected chi connectivity index (χ2v) is 3.09. The summed E-state index contributed by atoms with van der Waals surface area (Å²) in [6.07, 6.45) is -4.50. The first-order valence-corrected chi connectivity index (χ1v) is 4.12. The molecule has 1 aromatic carbocycles. The zero-order valence-electron chi connectivity index (χ0n) is 7.89. The van der Waals surface area contributed by atoms with Crippen molar-refractivity contribution < 1.29 is 18.3 Å². The van der Waals surface area contributed by atoms with Crippen molar-refractivity contribution >= 4 is 0 Å². The van der Waals surface area contributed by atoms with Crippen molar-refractivity contribution in [3.8, 4) is 6.07 Å². The molecule has 80 valence electrons. The number of hydrogen-bond donors (Lipinski definition) is 1. The Kier molecular flexibility index (Phi) is 3.01. The van der Waals surface area contributed by atoms with Gasteiger partial charge in [-0.05, 0) is 30.2 Å². The summed E-state index contributed by atoms with van der Waals surface area (Å²) < 4.78 is 37.6. The molecule has 0 fully saturated rings. The number of nitriles is 1. The van der Waals surface area contributed by atoms with E-state index in [4.69, 9.17) is 10.4 Å². The van der Waals surface area contributed by atoms with Gasteiger partial charge in [-0.2, -0.15) is 18.4 Å². The Morgan fingerprint density at radius 3 is 2.40 bits per heavy atom. The fourth-order valence-electron chi connectivity index (χ4n) is 1.46. The van der Waals surface area contributed by atoms with Crippen molar-refractivity contribution in [2.75, 3.05) is 0 Å². The van der Waals surface area contributed by atoms with Gasteiger partial charge in [0.15, 0.2) is 0 Å². The second kappa shape index (κ2) is 3.91. The Morgan fingerprint density at radius 1 is 1.40 bits per heavy atom. The molecule has 1 aromatic rings. The highest BCUT2D eigenvalue weighted by atomic mass is 19.4. The number of aryl methyl sites for hydroxylation is 1. The maximum Gasteiger partial charge on any atom is 0.417 e. The lowest BCUT2D eigenvalue weighted by Gasteiger charge is -2.14. The van der Waals surface area contributed by atoms with E-state index in [0.29, 0.717) is 0 Å². The molecule has 1 rings (SSSR count). The number of benzene rings is 1. The maximum absolute atomic E-state index is 12.5. The van der Waals surface area contributed by atoms with Crippen LogP contribution < -0.4 is 0 Å². The summed E-state index contributed by atoms with van der Waals surface area (Å²) in [6, 6.07) is 3.95. The van der Waals surface area contributed by atoms with E-state index in [0.717, 1.165) is 12.1 Å². The summed E-state index contributed by atoms with van der Waals surface area (Å²) in [6.45, 7) is 0.536. The summed E-state index contributed by atoms with van der Waals surface area (Å²) in [7, 11) is 0. The van der Waals surface area contributed by atoms with Crippen LogP contribution in [0.4, 0.5) is 13.2 Å². The number of halogens is 3. The minimum atomic E-state index is -4.50. The minimum Gasteiger partial charge on any atom is -0.392 e. The van der Waals surface area contributed by atoms with Crippen LogP contribution >= 0.6 is 0 Å². The molecule has 0 heterocycles. The SMILES string of the molecule is Cc1cc(C#N)cc(CO)c1C(F)(F)F. The second-order valence-electron chi connectivity index (χ2n) is 3.09. The molecule has 5 heteroatoms. The summed E-state index contributed by atoms with van der Waals surface area (Å²) in [5, 5.41) is 17.4. The third-order valence-corrected chi connectivity index (χ3v) is 2.00. The van der Waals surface area contributed by atoms with Crippen molar-refractivity contribution in [1.82, 2.24) is 0 Å². The van der Waals surface area contributed by atoms with E-state index in [1.54, 1.807) is 6.07 Å². The van der Waals surface area contributed by atoms with Crippen molar-refractivity contribution in [1.29, 1.82) is 5.26 Å². The van der Waals surface area contributed by atoms with E-state index in [-0.39, 0.29) is 16.7 Å². The topological polar surface area (TPSA) is 44.0 Å². The van der Waals surface area contributed by atoms with E-state index in [1.807, 2.05) is 0 Å². The average molecular weight is 215 g/mol. The van der Waals surface area contributed by atoms with Crippen LogP contribution in [-0.2, 0) is 12.8 Å².